The van der Waals surface area contributed by atoms with E-state index in [1.165, 1.54) is 0 Å². The Balaban J connectivity index is 0.000000827. The van der Waals surface area contributed by atoms with E-state index in [4.69, 9.17) is 0 Å². The Bertz CT molecular complexity index is 993. The van der Waals surface area contributed by atoms with Crippen LogP contribution in [0.5, 0.6) is 0 Å². The average molecular weight is 387 g/mol. The highest BCUT2D eigenvalue weighted by molar-refractivity contribution is 6.03. The summed E-state index contributed by atoms with van der Waals surface area (Å²) in [5, 5.41) is 9.80. The molecule has 1 heterocycles. The number of methoxy groups -OCH3 is 1. The van der Waals surface area contributed by atoms with Gasteiger partial charge in [-0.2, -0.15) is 5.26 Å². The number of nitrogens with zero attached hydrogens (tertiary/aromatic N) is 2. The molecule has 0 radical (unpaired) electrons. The zero-order valence-electron chi connectivity index (χ0n) is 17.9. The van der Waals surface area contributed by atoms with E-state index >= 15 is 0 Å². The number of hydrogen-bond acceptors (Lipinski definition) is 3. The first-order valence-corrected chi connectivity index (χ1v) is 9.79. The fourth-order valence-electron chi connectivity index (χ4n) is 3.44. The lowest BCUT2D eigenvalue weighted by Gasteiger charge is -2.28. The number of benzene rings is 1. The van der Waals surface area contributed by atoms with Crippen LogP contribution >= 0.6 is 0 Å². The first kappa shape index (κ1) is 22.1. The normalized spacial score (nSPS) is 19.5. The molecular weight excluding hydrogens is 356 g/mol. The molecule has 0 aromatic heterocycles. The minimum absolute atomic E-state index is 0. The van der Waals surface area contributed by atoms with E-state index in [9.17, 15) is 5.26 Å². The fraction of sp³-hybridized carbons (Fsp3) is 0.269. The van der Waals surface area contributed by atoms with Gasteiger partial charge in [0.25, 0.3) is 0 Å². The van der Waals surface area contributed by atoms with Crippen LogP contribution in [0.1, 0.15) is 34.7 Å². The molecule has 2 aliphatic rings. The van der Waals surface area contributed by atoms with Gasteiger partial charge in [-0.1, -0.05) is 36.4 Å². The van der Waals surface area contributed by atoms with Gasteiger partial charge < -0.3 is 4.74 Å². The average Bonchev–Trinajstić information content (AvgIpc) is 3.00. The maximum atomic E-state index is 9.80. The highest BCUT2D eigenvalue weighted by atomic mass is 16.5. The molecule has 0 amide bonds. The van der Waals surface area contributed by atoms with Crippen molar-refractivity contribution >= 4 is 11.3 Å². The molecule has 0 bridgehead atoms. The molecule has 1 aliphatic heterocycles. The number of nitriles is 1. The van der Waals surface area contributed by atoms with E-state index < -0.39 is 0 Å². The zero-order chi connectivity index (χ0) is 21.2. The van der Waals surface area contributed by atoms with Crippen molar-refractivity contribution < 1.29 is 6.16 Å². The van der Waals surface area contributed by atoms with Gasteiger partial charge in [0.05, 0.1) is 17.3 Å². The van der Waals surface area contributed by atoms with Crippen molar-refractivity contribution in [1.29, 1.82) is 5.26 Å². The first-order chi connectivity index (χ1) is 14.1. The van der Waals surface area contributed by atoms with Crippen molar-refractivity contribution in [2.45, 2.75) is 27.7 Å². The van der Waals surface area contributed by atoms with Gasteiger partial charge in [-0.15, -0.1) is 5.73 Å². The van der Waals surface area contributed by atoms with Crippen molar-refractivity contribution in [1.82, 2.24) is 0 Å². The van der Waals surface area contributed by atoms with Gasteiger partial charge in [0, 0.05) is 26.8 Å². The topological polar surface area (TPSA) is 45.4 Å². The molecule has 3 rings (SSSR count). The first-order valence-electron chi connectivity index (χ1n) is 9.79. The number of rotatable bonds is 3. The van der Waals surface area contributed by atoms with Crippen molar-refractivity contribution in [3.8, 4) is 6.07 Å². The third-order valence-electron chi connectivity index (χ3n) is 4.87. The number of allylic oxidation sites excluding steroid dienone is 9. The van der Waals surface area contributed by atoms with Crippen LogP contribution in [0.15, 0.2) is 93.9 Å². The van der Waals surface area contributed by atoms with Crippen LogP contribution in [0.25, 0.3) is 5.57 Å². The van der Waals surface area contributed by atoms with E-state index in [0.29, 0.717) is 5.57 Å². The Morgan fingerprint density at radius 1 is 1.21 bits per heavy atom. The minimum Gasteiger partial charge on any atom is -0.385 e. The quantitative estimate of drug-likeness (QED) is 0.560. The van der Waals surface area contributed by atoms with Crippen molar-refractivity contribution in [2.24, 2.45) is 10.9 Å². The van der Waals surface area contributed by atoms with Crippen LogP contribution in [-0.4, -0.2) is 19.4 Å². The highest BCUT2D eigenvalue weighted by Gasteiger charge is 2.31. The summed E-state index contributed by atoms with van der Waals surface area (Å²) >= 11 is 0. The predicted molar refractivity (Wildman–Crippen MR) is 123 cm³/mol. The van der Waals surface area contributed by atoms with Crippen LogP contribution in [0.4, 0.5) is 0 Å². The van der Waals surface area contributed by atoms with E-state index in [1.807, 2.05) is 58.0 Å². The molecule has 0 spiro atoms. The van der Waals surface area contributed by atoms with Crippen LogP contribution in [0.3, 0.4) is 0 Å². The molecule has 1 aromatic carbocycles. The lowest BCUT2D eigenvalue weighted by atomic mass is 9.76. The molecule has 0 fully saturated rings. The Morgan fingerprint density at radius 3 is 2.45 bits per heavy atom. The second kappa shape index (κ2) is 11.0. The third-order valence-corrected chi connectivity index (χ3v) is 4.87. The van der Waals surface area contributed by atoms with Crippen molar-refractivity contribution in [3.63, 3.8) is 0 Å². The number of hydrogen-bond donors (Lipinski definition) is 0. The second-order valence-electron chi connectivity index (χ2n) is 6.63. The Kier molecular flexibility index (Phi) is 8.37. The maximum absolute atomic E-state index is 9.80. The van der Waals surface area contributed by atoms with Gasteiger partial charge in [0.2, 0.25) is 0 Å². The van der Waals surface area contributed by atoms with Crippen LogP contribution in [0, 0.1) is 17.2 Å². The molecule has 29 heavy (non-hydrogen) atoms. The van der Waals surface area contributed by atoms with Crippen LogP contribution < -0.4 is 0 Å². The number of aliphatic imine (C=N–C) groups is 1. The zero-order valence-corrected chi connectivity index (χ0v) is 17.9. The fourth-order valence-corrected chi connectivity index (χ4v) is 3.44. The smallest absolute Gasteiger partial charge is 0.0976 e. The summed E-state index contributed by atoms with van der Waals surface area (Å²) in [6.07, 6.45) is 10.1. The van der Waals surface area contributed by atoms with E-state index in [2.05, 4.69) is 51.9 Å². The summed E-state index contributed by atoms with van der Waals surface area (Å²) in [5.74, 6) is -0.108. The molecule has 3 heteroatoms. The summed E-state index contributed by atoms with van der Waals surface area (Å²) in [6.45, 7) is 8.71. The molecule has 0 saturated carbocycles. The lowest BCUT2D eigenvalue weighted by Crippen LogP contribution is -2.21. The molecule has 0 N–H and O–H groups in total. The van der Waals surface area contributed by atoms with Crippen molar-refractivity contribution in [2.75, 3.05) is 13.7 Å². The Labute approximate surface area is 175 Å². The molecule has 3 nitrogen and oxygen atoms in total. The second-order valence-corrected chi connectivity index (χ2v) is 6.63. The number of ether oxygens (including phenoxy) is 1. The molecule has 0 unspecified atom stereocenters. The summed E-state index contributed by atoms with van der Waals surface area (Å²) in [6, 6.07) is 12.7. The standard InChI is InChI=1S/C23H20N2.C3H8O.H2/c1-4-19-16(2)25-17(3)22(15-24)23(19)21-14-10-6-9-13-20(21)18-11-7-5-8-12-18;1-3-4-2;/h4-5,7-14,23H,1-3H3;3H2,1-2H3;1H/b19-4-;;/t23-;;/m0../s1. The van der Waals surface area contributed by atoms with Gasteiger partial charge >= 0.3 is 0 Å². The molecule has 1 aliphatic carbocycles. The summed E-state index contributed by atoms with van der Waals surface area (Å²) in [5.41, 5.74) is 10.1. The van der Waals surface area contributed by atoms with Gasteiger partial charge in [-0.05, 0) is 74.3 Å². The molecule has 150 valence electrons. The summed E-state index contributed by atoms with van der Waals surface area (Å²) < 4.78 is 4.54. The summed E-state index contributed by atoms with van der Waals surface area (Å²) in [4.78, 5) is 4.58. The third kappa shape index (κ3) is 5.21. The largest absolute Gasteiger partial charge is 0.385 e. The highest BCUT2D eigenvalue weighted by Crippen LogP contribution is 2.41. The monoisotopic (exact) mass is 386 g/mol. The van der Waals surface area contributed by atoms with Gasteiger partial charge in [0.15, 0.2) is 0 Å². The summed E-state index contributed by atoms with van der Waals surface area (Å²) in [7, 11) is 1.68. The van der Waals surface area contributed by atoms with E-state index in [0.717, 1.165) is 40.3 Å². The van der Waals surface area contributed by atoms with Crippen LogP contribution in [-0.2, 0) is 4.74 Å². The Morgan fingerprint density at radius 2 is 1.86 bits per heavy atom. The lowest BCUT2D eigenvalue weighted by molar-refractivity contribution is 0.215. The molecule has 1 atom stereocenters. The van der Waals surface area contributed by atoms with Gasteiger partial charge in [-0.3, -0.25) is 4.99 Å². The molecular formula is C26H30N2O. The SMILES string of the molecule is C/C=C1/C(C)=NC(C)=C(C#N)[C@@H]1C1=CC=C=CC=C1c1ccccc1.CCOC.[HH]. The van der Waals surface area contributed by atoms with E-state index in [-0.39, 0.29) is 7.34 Å². The van der Waals surface area contributed by atoms with Crippen LogP contribution in [0.2, 0.25) is 0 Å². The van der Waals surface area contributed by atoms with E-state index in [1.54, 1.807) is 7.11 Å². The van der Waals surface area contributed by atoms with Gasteiger partial charge in [0.1, 0.15) is 0 Å². The molecule has 1 aromatic rings. The Hall–Kier alpha value is -3.18. The maximum Gasteiger partial charge on any atom is 0.0976 e. The van der Waals surface area contributed by atoms with Crippen molar-refractivity contribution in [3.05, 3.63) is 94.4 Å². The van der Waals surface area contributed by atoms with Gasteiger partial charge in [-0.25, -0.2) is 0 Å². The minimum atomic E-state index is -0.108. The molecule has 0 saturated heterocycles. The predicted octanol–water partition coefficient (Wildman–Crippen LogP) is 6.45.